The Labute approximate surface area is 606 Å². The summed E-state index contributed by atoms with van der Waals surface area (Å²) in [6.45, 7) is 11.8. The number of rotatable bonds is 11. The number of aromatic nitrogens is 1. The average molecular weight is 1330 g/mol. The van der Waals surface area contributed by atoms with Crippen molar-refractivity contribution in [3.63, 3.8) is 0 Å². The van der Waals surface area contributed by atoms with Crippen molar-refractivity contribution in [2.24, 2.45) is 11.8 Å². The Balaban J connectivity index is 0.956. The van der Waals surface area contributed by atoms with E-state index in [1.807, 2.05) is 0 Å². The molecule has 4 aliphatic rings. The quantitative estimate of drug-likeness (QED) is 0.120. The van der Waals surface area contributed by atoms with Crippen molar-refractivity contribution in [3.8, 4) is 83.6 Å². The fraction of sp³-hybridized carbons (Fsp3) is 0.143. The molecule has 1 aromatic heterocycles. The topological polar surface area (TPSA) is 14.7 Å². The number of nitrogens with zero attached hydrogens (tertiary/aromatic N) is 4. The highest BCUT2D eigenvalue weighted by Gasteiger charge is 2.47. The number of piperidine rings is 1. The van der Waals surface area contributed by atoms with Gasteiger partial charge in [0.25, 0.3) is 6.71 Å². The maximum atomic E-state index is 2.85. The molecule has 4 atom stereocenters. The van der Waals surface area contributed by atoms with Crippen molar-refractivity contribution in [2.45, 2.75) is 77.8 Å². The summed E-state index contributed by atoms with van der Waals surface area (Å²) in [5.41, 5.74) is 33.2. The van der Waals surface area contributed by atoms with Crippen LogP contribution >= 0.6 is 0 Å². The molecule has 103 heavy (non-hydrogen) atoms. The number of benzene rings is 14. The van der Waals surface area contributed by atoms with Gasteiger partial charge in [0.15, 0.2) is 0 Å². The summed E-state index contributed by atoms with van der Waals surface area (Å²) in [6, 6.07) is 125. The normalized spacial score (nSPS) is 16.7. The second kappa shape index (κ2) is 25.1. The highest BCUT2D eigenvalue weighted by atomic mass is 15.2. The molecule has 4 unspecified atom stereocenters. The number of para-hydroxylation sites is 2. The molecule has 19 rings (SSSR count). The van der Waals surface area contributed by atoms with Gasteiger partial charge in [-0.05, 0) is 188 Å². The van der Waals surface area contributed by atoms with Gasteiger partial charge in [-0.15, -0.1) is 0 Å². The van der Waals surface area contributed by atoms with E-state index in [4.69, 9.17) is 0 Å². The van der Waals surface area contributed by atoms with Gasteiger partial charge >= 0.3 is 0 Å². The van der Waals surface area contributed by atoms with Gasteiger partial charge in [-0.1, -0.05) is 295 Å². The Morgan fingerprint density at radius 2 is 0.718 bits per heavy atom. The molecular weight excluding hydrogens is 1240 g/mol. The lowest BCUT2D eigenvalue weighted by Crippen LogP contribution is -2.61. The molecule has 0 amide bonds. The largest absolute Gasteiger partial charge is 0.366 e. The Bertz CT molecular complexity index is 5510. The van der Waals surface area contributed by atoms with E-state index >= 15 is 0 Å². The predicted octanol–water partition coefficient (Wildman–Crippen LogP) is 24.2. The summed E-state index contributed by atoms with van der Waals surface area (Å²) >= 11 is 0. The zero-order valence-corrected chi connectivity index (χ0v) is 59.2. The molecule has 14 aromatic carbocycles. The summed E-state index contributed by atoms with van der Waals surface area (Å²) in [5.74, 6) is 1.44. The van der Waals surface area contributed by atoms with E-state index in [1.165, 1.54) is 126 Å². The Morgan fingerprint density at radius 1 is 0.320 bits per heavy atom. The zero-order chi connectivity index (χ0) is 69.0. The number of fused-ring (bicyclic) bond motifs is 9. The molecule has 1 saturated heterocycles. The molecule has 496 valence electrons. The van der Waals surface area contributed by atoms with Crippen molar-refractivity contribution >= 4 is 84.7 Å². The molecule has 4 heterocycles. The molecule has 5 heteroatoms. The third-order valence-corrected chi connectivity index (χ3v) is 23.1. The van der Waals surface area contributed by atoms with Crippen LogP contribution in [0.25, 0.3) is 105 Å². The molecule has 3 aliphatic heterocycles. The summed E-state index contributed by atoms with van der Waals surface area (Å²) < 4.78 is 2.55. The minimum Gasteiger partial charge on any atom is -0.366 e. The van der Waals surface area contributed by atoms with Gasteiger partial charge in [0.1, 0.15) is 0 Å². The number of hydrogen-bond donors (Lipinski definition) is 0. The first-order valence-electron chi connectivity index (χ1n) is 37.2. The SMILES string of the molecule is CC1CC2CC(C)N(c3ccc4c(c3)N(c3c(-c5ccccc5)cccc3-c3ccccc3)c3cc(-c5ccc(C(C)(C)C)cc5)cc5c3B4c3ccc(-n4c6ccc(-c7ccccc7)cc6c6cc(-c7ccccc7)ccc64)cc3N5c3c(-c4ccccc4)cccc3-c3ccccc3)C(C1)C2. The van der Waals surface area contributed by atoms with Gasteiger partial charge in [-0.2, -0.15) is 0 Å². The van der Waals surface area contributed by atoms with E-state index in [0.717, 1.165) is 73.2 Å². The van der Waals surface area contributed by atoms with Crippen LogP contribution in [0.2, 0.25) is 0 Å². The standard InChI is InChI=1S/C98H81BN4/c1-64-54-66-56-65(2)100(80(55-64)57-66)78-48-50-87-91(62-78)102(96-81(70-30-16-8-17-31-70)38-24-39-82(96)71-32-18-9-19-33-71)93-60-76(69-42-46-77(47-43-69)98(3,4)5)61-94-95(93)99(87)88-51-49-79(63-92(88)103(94)97-83(72-34-20-10-21-35-72)40-25-41-84(97)73-36-22-11-23-37-73)101-89-52-44-74(67-26-12-6-13-27-67)58-85(89)86-59-75(45-53-90(86)101)68-28-14-7-15-29-68/h6-53,58-66,80H,54-57H2,1-5H3. The van der Waals surface area contributed by atoms with Crippen molar-refractivity contribution in [3.05, 3.63) is 333 Å². The molecule has 1 saturated carbocycles. The highest BCUT2D eigenvalue weighted by Crippen LogP contribution is 2.55. The van der Waals surface area contributed by atoms with Gasteiger partial charge < -0.3 is 19.3 Å². The maximum Gasteiger partial charge on any atom is 0.252 e. The number of anilines is 7. The van der Waals surface area contributed by atoms with Crippen molar-refractivity contribution < 1.29 is 0 Å². The average Bonchev–Trinajstić information content (AvgIpc) is 0.872. The van der Waals surface area contributed by atoms with E-state index < -0.39 is 0 Å². The monoisotopic (exact) mass is 1320 g/mol. The van der Waals surface area contributed by atoms with E-state index in [-0.39, 0.29) is 12.1 Å². The minimum absolute atomic E-state index is 0.0405. The lowest BCUT2D eigenvalue weighted by atomic mass is 9.33. The van der Waals surface area contributed by atoms with Crippen LogP contribution in [0, 0.1) is 11.8 Å². The van der Waals surface area contributed by atoms with Crippen LogP contribution in [0.1, 0.15) is 65.9 Å². The second-order valence-corrected chi connectivity index (χ2v) is 30.6. The van der Waals surface area contributed by atoms with Crippen molar-refractivity contribution in [1.82, 2.24) is 4.57 Å². The molecule has 0 radical (unpaired) electrons. The van der Waals surface area contributed by atoms with Crippen LogP contribution in [0.4, 0.5) is 39.8 Å². The molecule has 2 fully saturated rings. The van der Waals surface area contributed by atoms with Crippen LogP contribution in [0.5, 0.6) is 0 Å². The van der Waals surface area contributed by atoms with Crippen LogP contribution in [0.15, 0.2) is 328 Å². The lowest BCUT2D eigenvalue weighted by Gasteiger charge is -2.51. The molecule has 0 spiro atoms. The van der Waals surface area contributed by atoms with Gasteiger partial charge in [0, 0.05) is 79.2 Å². The molecule has 4 nitrogen and oxygen atoms in total. The summed E-state index contributed by atoms with van der Waals surface area (Å²) in [4.78, 5) is 8.32. The van der Waals surface area contributed by atoms with Gasteiger partial charge in [0.05, 0.1) is 22.4 Å². The molecule has 2 bridgehead atoms. The van der Waals surface area contributed by atoms with Gasteiger partial charge in [0.2, 0.25) is 0 Å². The highest BCUT2D eigenvalue weighted by molar-refractivity contribution is 7.00. The number of hydrogen-bond acceptors (Lipinski definition) is 3. The van der Waals surface area contributed by atoms with Crippen LogP contribution in [-0.4, -0.2) is 23.4 Å². The van der Waals surface area contributed by atoms with Crippen LogP contribution in [-0.2, 0) is 5.41 Å². The molecule has 0 N–H and O–H groups in total. The summed E-state index contributed by atoms with van der Waals surface area (Å²) in [7, 11) is 0. The van der Waals surface area contributed by atoms with Crippen LogP contribution in [0.3, 0.4) is 0 Å². The first kappa shape index (κ1) is 62.4. The summed E-state index contributed by atoms with van der Waals surface area (Å²) in [5, 5.41) is 2.43. The lowest BCUT2D eigenvalue weighted by molar-refractivity contribution is 0.179. The Kier molecular flexibility index (Phi) is 15.2. The summed E-state index contributed by atoms with van der Waals surface area (Å²) in [6.07, 6.45) is 4.98. The fourth-order valence-electron chi connectivity index (χ4n) is 18.5. The molecule has 1 aliphatic carbocycles. The first-order chi connectivity index (χ1) is 50.5. The molecule has 15 aromatic rings. The third-order valence-electron chi connectivity index (χ3n) is 23.1. The predicted molar refractivity (Wildman–Crippen MR) is 438 cm³/mol. The zero-order valence-electron chi connectivity index (χ0n) is 59.2. The van der Waals surface area contributed by atoms with E-state index in [0.29, 0.717) is 18.0 Å². The van der Waals surface area contributed by atoms with E-state index in [2.05, 4.69) is 381 Å². The Hall–Kier alpha value is -11.7. The third kappa shape index (κ3) is 10.7. The second-order valence-electron chi connectivity index (χ2n) is 30.6. The van der Waals surface area contributed by atoms with Crippen molar-refractivity contribution in [2.75, 3.05) is 14.7 Å². The first-order valence-corrected chi connectivity index (χ1v) is 37.2. The minimum atomic E-state index is -0.200. The van der Waals surface area contributed by atoms with Crippen molar-refractivity contribution in [1.29, 1.82) is 0 Å². The Morgan fingerprint density at radius 3 is 1.16 bits per heavy atom. The van der Waals surface area contributed by atoms with E-state index in [9.17, 15) is 0 Å². The van der Waals surface area contributed by atoms with Gasteiger partial charge in [-0.3, -0.25) is 0 Å². The van der Waals surface area contributed by atoms with Crippen LogP contribution < -0.4 is 31.1 Å². The van der Waals surface area contributed by atoms with Gasteiger partial charge in [-0.25, -0.2) is 0 Å². The molecular formula is C98H81BN4. The maximum absolute atomic E-state index is 2.85. The smallest absolute Gasteiger partial charge is 0.252 e. The fourth-order valence-corrected chi connectivity index (χ4v) is 18.5. The van der Waals surface area contributed by atoms with E-state index in [1.54, 1.807) is 0 Å².